The Hall–Kier alpha value is -2.81. The Morgan fingerprint density at radius 2 is 1.68 bits per heavy atom. The van der Waals surface area contributed by atoms with Gasteiger partial charge in [-0.25, -0.2) is 0 Å². The summed E-state index contributed by atoms with van der Waals surface area (Å²) in [4.78, 5) is 15.2. The molecule has 3 rings (SSSR count). The summed E-state index contributed by atoms with van der Waals surface area (Å²) >= 11 is 0. The summed E-state index contributed by atoms with van der Waals surface area (Å²) in [6, 6.07) is 22.0. The Morgan fingerprint density at radius 3 is 2.28 bits per heavy atom. The van der Waals surface area contributed by atoms with Gasteiger partial charge in [0.05, 0.1) is 12.6 Å². The van der Waals surface area contributed by atoms with Gasteiger partial charge < -0.3 is 9.47 Å². The predicted octanol–water partition coefficient (Wildman–Crippen LogP) is 4.74. The molecule has 2 aromatic carbocycles. The maximum atomic E-state index is 13.2. The molecule has 1 atom stereocenters. The van der Waals surface area contributed by atoms with Crippen LogP contribution in [0.2, 0.25) is 0 Å². The van der Waals surface area contributed by atoms with Crippen LogP contribution in [-0.2, 0) is 13.6 Å². The van der Waals surface area contributed by atoms with E-state index in [2.05, 4.69) is 29.7 Å². The van der Waals surface area contributed by atoms with Gasteiger partial charge in [-0.2, -0.15) is 0 Å². The van der Waals surface area contributed by atoms with Gasteiger partial charge in [-0.15, -0.1) is 0 Å². The van der Waals surface area contributed by atoms with Crippen molar-refractivity contribution in [3.63, 3.8) is 0 Å². The van der Waals surface area contributed by atoms with Crippen molar-refractivity contribution in [3.05, 3.63) is 95.3 Å². The number of carbonyl (C=O) groups is 1. The second-order valence-electron chi connectivity index (χ2n) is 6.50. The topological polar surface area (TPSA) is 25.2 Å². The van der Waals surface area contributed by atoms with Crippen molar-refractivity contribution in [1.29, 1.82) is 0 Å². The lowest BCUT2D eigenvalue weighted by Gasteiger charge is -2.30. The highest BCUT2D eigenvalue weighted by molar-refractivity contribution is 5.94. The van der Waals surface area contributed by atoms with Crippen molar-refractivity contribution in [1.82, 2.24) is 9.47 Å². The molecule has 0 fully saturated rings. The van der Waals surface area contributed by atoms with E-state index < -0.39 is 0 Å². The molecule has 1 aromatic heterocycles. The standard InChI is InChI=1S/C22H24N2O/c1-17-11-13-20(14-12-17)22(25)24(16-21-10-7-15-23(21)3)18(2)19-8-5-4-6-9-19/h4-15,18H,16H2,1-3H3. The van der Waals surface area contributed by atoms with Crippen LogP contribution >= 0.6 is 0 Å². The molecule has 1 unspecified atom stereocenters. The summed E-state index contributed by atoms with van der Waals surface area (Å²) in [5.74, 6) is 0.0533. The minimum absolute atomic E-state index is 0.00935. The molecule has 0 bridgehead atoms. The molecule has 3 nitrogen and oxygen atoms in total. The smallest absolute Gasteiger partial charge is 0.254 e. The van der Waals surface area contributed by atoms with Crippen molar-refractivity contribution in [2.24, 2.45) is 7.05 Å². The second kappa shape index (κ2) is 7.39. The highest BCUT2D eigenvalue weighted by Gasteiger charge is 2.23. The number of aryl methyl sites for hydroxylation is 2. The number of rotatable bonds is 5. The summed E-state index contributed by atoms with van der Waals surface area (Å²) in [5, 5.41) is 0. The van der Waals surface area contributed by atoms with Crippen molar-refractivity contribution < 1.29 is 4.79 Å². The fourth-order valence-corrected chi connectivity index (χ4v) is 2.99. The summed E-state index contributed by atoms with van der Waals surface area (Å²) in [7, 11) is 2.01. The van der Waals surface area contributed by atoms with Gasteiger partial charge in [0.15, 0.2) is 0 Å². The van der Waals surface area contributed by atoms with Gasteiger partial charge in [0.25, 0.3) is 5.91 Å². The number of benzene rings is 2. The molecule has 128 valence electrons. The van der Waals surface area contributed by atoms with Gasteiger partial charge >= 0.3 is 0 Å². The first-order valence-corrected chi connectivity index (χ1v) is 8.59. The monoisotopic (exact) mass is 332 g/mol. The number of hydrogen-bond donors (Lipinski definition) is 0. The highest BCUT2D eigenvalue weighted by Crippen LogP contribution is 2.24. The number of amides is 1. The predicted molar refractivity (Wildman–Crippen MR) is 101 cm³/mol. The van der Waals surface area contributed by atoms with Crippen LogP contribution in [0.4, 0.5) is 0 Å². The van der Waals surface area contributed by atoms with E-state index in [4.69, 9.17) is 0 Å². The molecule has 0 saturated heterocycles. The van der Waals surface area contributed by atoms with Crippen molar-refractivity contribution in [2.45, 2.75) is 26.4 Å². The van der Waals surface area contributed by atoms with Crippen LogP contribution in [0.25, 0.3) is 0 Å². The maximum absolute atomic E-state index is 13.2. The molecule has 0 spiro atoms. The molecule has 0 saturated carbocycles. The molecule has 25 heavy (non-hydrogen) atoms. The molecular formula is C22H24N2O. The Labute approximate surface area is 149 Å². The summed E-state index contributed by atoms with van der Waals surface area (Å²) < 4.78 is 2.06. The van der Waals surface area contributed by atoms with Gasteiger partial charge in [0.1, 0.15) is 0 Å². The van der Waals surface area contributed by atoms with E-state index in [9.17, 15) is 4.79 Å². The van der Waals surface area contributed by atoms with Crippen LogP contribution in [0, 0.1) is 6.92 Å². The third-order valence-corrected chi connectivity index (χ3v) is 4.69. The van der Waals surface area contributed by atoms with E-state index in [1.54, 1.807) is 0 Å². The molecule has 0 aliphatic heterocycles. The van der Waals surface area contributed by atoms with Gasteiger partial charge in [0.2, 0.25) is 0 Å². The number of nitrogens with zero attached hydrogens (tertiary/aromatic N) is 2. The molecule has 1 heterocycles. The fourth-order valence-electron chi connectivity index (χ4n) is 2.99. The largest absolute Gasteiger partial charge is 0.353 e. The van der Waals surface area contributed by atoms with E-state index in [0.717, 1.165) is 22.4 Å². The third-order valence-electron chi connectivity index (χ3n) is 4.69. The van der Waals surface area contributed by atoms with E-state index >= 15 is 0 Å². The highest BCUT2D eigenvalue weighted by atomic mass is 16.2. The first-order chi connectivity index (χ1) is 12.1. The fraction of sp³-hybridized carbons (Fsp3) is 0.227. The molecule has 0 aliphatic carbocycles. The lowest BCUT2D eigenvalue weighted by atomic mass is 10.0. The summed E-state index contributed by atoms with van der Waals surface area (Å²) in [6.07, 6.45) is 2.01. The Bertz CT molecular complexity index is 834. The zero-order valence-corrected chi connectivity index (χ0v) is 15.0. The van der Waals surface area contributed by atoms with Crippen LogP contribution in [0.1, 0.15) is 40.1 Å². The third kappa shape index (κ3) is 3.82. The minimum Gasteiger partial charge on any atom is -0.353 e. The zero-order chi connectivity index (χ0) is 17.8. The van der Waals surface area contributed by atoms with Crippen molar-refractivity contribution in [3.8, 4) is 0 Å². The van der Waals surface area contributed by atoms with Crippen LogP contribution in [0.15, 0.2) is 72.9 Å². The van der Waals surface area contributed by atoms with Gasteiger partial charge in [-0.3, -0.25) is 4.79 Å². The molecule has 0 N–H and O–H groups in total. The molecular weight excluding hydrogens is 308 g/mol. The van der Waals surface area contributed by atoms with Crippen LogP contribution < -0.4 is 0 Å². The molecule has 1 amide bonds. The van der Waals surface area contributed by atoms with Crippen LogP contribution in [0.5, 0.6) is 0 Å². The summed E-state index contributed by atoms with van der Waals surface area (Å²) in [6.45, 7) is 4.69. The average Bonchev–Trinajstić information content (AvgIpc) is 3.04. The normalized spacial score (nSPS) is 12.0. The second-order valence-corrected chi connectivity index (χ2v) is 6.50. The van der Waals surface area contributed by atoms with E-state index in [-0.39, 0.29) is 11.9 Å². The SMILES string of the molecule is Cc1ccc(C(=O)N(Cc2cccn2C)C(C)c2ccccc2)cc1. The summed E-state index contributed by atoms with van der Waals surface area (Å²) in [5.41, 5.74) is 4.13. The Balaban J connectivity index is 1.94. The quantitative estimate of drug-likeness (QED) is 0.662. The van der Waals surface area contributed by atoms with E-state index in [0.29, 0.717) is 6.54 Å². The number of carbonyl (C=O) groups excluding carboxylic acids is 1. The maximum Gasteiger partial charge on any atom is 0.254 e. The van der Waals surface area contributed by atoms with Crippen molar-refractivity contribution in [2.75, 3.05) is 0 Å². The van der Waals surface area contributed by atoms with E-state index in [1.807, 2.05) is 73.6 Å². The van der Waals surface area contributed by atoms with Gasteiger partial charge in [0, 0.05) is 24.5 Å². The van der Waals surface area contributed by atoms with Crippen LogP contribution in [-0.4, -0.2) is 15.4 Å². The van der Waals surface area contributed by atoms with E-state index in [1.165, 1.54) is 0 Å². The zero-order valence-electron chi connectivity index (χ0n) is 15.0. The van der Waals surface area contributed by atoms with Gasteiger partial charge in [-0.05, 0) is 43.7 Å². The molecule has 0 radical (unpaired) electrons. The van der Waals surface area contributed by atoms with Crippen LogP contribution in [0.3, 0.4) is 0 Å². The Kier molecular flexibility index (Phi) is 5.03. The first kappa shape index (κ1) is 17.0. The molecule has 0 aliphatic rings. The molecule has 3 aromatic rings. The Morgan fingerprint density at radius 1 is 1.00 bits per heavy atom. The number of hydrogen-bond acceptors (Lipinski definition) is 1. The average molecular weight is 332 g/mol. The molecule has 3 heteroatoms. The lowest BCUT2D eigenvalue weighted by Crippen LogP contribution is -2.33. The minimum atomic E-state index is -0.00935. The first-order valence-electron chi connectivity index (χ1n) is 8.59. The lowest BCUT2D eigenvalue weighted by molar-refractivity contribution is 0.0670. The van der Waals surface area contributed by atoms with Gasteiger partial charge in [-0.1, -0.05) is 48.0 Å². The number of aromatic nitrogens is 1. The van der Waals surface area contributed by atoms with Crippen molar-refractivity contribution >= 4 is 5.91 Å².